The van der Waals surface area contributed by atoms with Gasteiger partial charge in [0.15, 0.2) is 0 Å². The van der Waals surface area contributed by atoms with Crippen LogP contribution in [0.4, 0.5) is 10.1 Å². The van der Waals surface area contributed by atoms with Crippen LogP contribution in [-0.4, -0.2) is 34.2 Å². The van der Waals surface area contributed by atoms with Crippen molar-refractivity contribution >= 4 is 23.4 Å². The van der Waals surface area contributed by atoms with Gasteiger partial charge in [-0.3, -0.25) is 24.3 Å². The summed E-state index contributed by atoms with van der Waals surface area (Å²) in [6.45, 7) is -0.442. The molecule has 7 heteroatoms. The molecule has 1 aliphatic heterocycles. The number of carbonyl (C=O) groups is 3. The van der Waals surface area contributed by atoms with Crippen LogP contribution in [0.25, 0.3) is 0 Å². The minimum Gasteiger partial charge on any atom is -0.323 e. The summed E-state index contributed by atoms with van der Waals surface area (Å²) < 4.78 is 13.0. The monoisotopic (exact) mass is 299 g/mol. The van der Waals surface area contributed by atoms with Crippen LogP contribution in [-0.2, 0) is 4.79 Å². The van der Waals surface area contributed by atoms with Gasteiger partial charge in [-0.15, -0.1) is 0 Å². The van der Waals surface area contributed by atoms with E-state index in [0.29, 0.717) is 0 Å². The molecule has 0 spiro atoms. The summed E-state index contributed by atoms with van der Waals surface area (Å²) in [5.74, 6) is -2.25. The minimum absolute atomic E-state index is 0.154. The highest BCUT2D eigenvalue weighted by atomic mass is 19.1. The lowest BCUT2D eigenvalue weighted by Gasteiger charge is -2.13. The Morgan fingerprint density at radius 1 is 1.14 bits per heavy atom. The Hall–Kier alpha value is -3.09. The Labute approximate surface area is 124 Å². The van der Waals surface area contributed by atoms with E-state index in [4.69, 9.17) is 0 Å². The van der Waals surface area contributed by atoms with Crippen molar-refractivity contribution in [2.45, 2.75) is 0 Å². The van der Waals surface area contributed by atoms with E-state index in [1.54, 1.807) is 12.1 Å². The lowest BCUT2D eigenvalue weighted by molar-refractivity contribution is -0.116. The van der Waals surface area contributed by atoms with Gasteiger partial charge in [0.2, 0.25) is 5.91 Å². The van der Waals surface area contributed by atoms with Gasteiger partial charge in [0.1, 0.15) is 12.4 Å². The summed E-state index contributed by atoms with van der Waals surface area (Å²) in [4.78, 5) is 40.6. The van der Waals surface area contributed by atoms with Crippen LogP contribution in [0.5, 0.6) is 0 Å². The predicted molar refractivity (Wildman–Crippen MR) is 74.6 cm³/mol. The maximum absolute atomic E-state index is 13.0. The summed E-state index contributed by atoms with van der Waals surface area (Å²) in [7, 11) is 0. The van der Waals surface area contributed by atoms with E-state index >= 15 is 0 Å². The Balaban J connectivity index is 1.73. The first-order valence-electron chi connectivity index (χ1n) is 6.42. The third-order valence-corrected chi connectivity index (χ3v) is 3.17. The molecule has 1 N–H and O–H groups in total. The zero-order chi connectivity index (χ0) is 15.7. The fourth-order valence-corrected chi connectivity index (χ4v) is 2.21. The normalized spacial score (nSPS) is 13.2. The van der Waals surface area contributed by atoms with Crippen molar-refractivity contribution in [1.29, 1.82) is 0 Å². The second-order valence-electron chi connectivity index (χ2n) is 4.68. The number of nitrogens with zero attached hydrogens (tertiary/aromatic N) is 2. The van der Waals surface area contributed by atoms with E-state index in [9.17, 15) is 18.8 Å². The molecule has 3 rings (SSSR count). The number of pyridine rings is 1. The van der Waals surface area contributed by atoms with Gasteiger partial charge in [0.05, 0.1) is 29.2 Å². The lowest BCUT2D eigenvalue weighted by atomic mass is 10.1. The first-order chi connectivity index (χ1) is 10.6. The number of benzene rings is 1. The molecule has 0 radical (unpaired) electrons. The molecular formula is C15H10FN3O3. The maximum atomic E-state index is 13.0. The van der Waals surface area contributed by atoms with Gasteiger partial charge < -0.3 is 5.32 Å². The number of carbonyl (C=O) groups excluding carboxylic acids is 3. The average molecular weight is 299 g/mol. The Bertz CT molecular complexity index is 756. The first kappa shape index (κ1) is 13.9. The molecule has 2 heterocycles. The Kier molecular flexibility index (Phi) is 3.38. The number of halogens is 1. The molecule has 3 amide bonds. The Morgan fingerprint density at radius 2 is 1.77 bits per heavy atom. The summed E-state index contributed by atoms with van der Waals surface area (Å²) in [6.07, 6.45) is 2.27. The highest BCUT2D eigenvalue weighted by molar-refractivity contribution is 6.22. The van der Waals surface area contributed by atoms with Gasteiger partial charge in [-0.2, -0.15) is 0 Å². The molecule has 0 saturated heterocycles. The number of imide groups is 1. The number of nitrogens with one attached hydrogen (secondary N) is 1. The van der Waals surface area contributed by atoms with Gasteiger partial charge in [-0.1, -0.05) is 12.1 Å². The van der Waals surface area contributed by atoms with E-state index < -0.39 is 30.1 Å². The zero-order valence-electron chi connectivity index (χ0n) is 11.2. The average Bonchev–Trinajstić information content (AvgIpc) is 2.73. The number of amides is 3. The SMILES string of the molecule is O=C(CN1C(=O)c2ccccc2C1=O)Nc1cncc(F)c1. The van der Waals surface area contributed by atoms with Crippen LogP contribution < -0.4 is 5.32 Å². The molecule has 0 aliphatic carbocycles. The third kappa shape index (κ3) is 2.44. The lowest BCUT2D eigenvalue weighted by Crippen LogP contribution is -2.37. The van der Waals surface area contributed by atoms with E-state index in [0.717, 1.165) is 17.2 Å². The summed E-state index contributed by atoms with van der Waals surface area (Å²) >= 11 is 0. The van der Waals surface area contributed by atoms with Gasteiger partial charge >= 0.3 is 0 Å². The third-order valence-electron chi connectivity index (χ3n) is 3.17. The first-order valence-corrected chi connectivity index (χ1v) is 6.42. The molecule has 0 atom stereocenters. The number of hydrogen-bond acceptors (Lipinski definition) is 4. The molecule has 1 aromatic heterocycles. The van der Waals surface area contributed by atoms with Crippen molar-refractivity contribution in [2.24, 2.45) is 0 Å². The summed E-state index contributed by atoms with van der Waals surface area (Å²) in [6, 6.07) is 7.44. The van der Waals surface area contributed by atoms with Gasteiger partial charge in [0.25, 0.3) is 11.8 Å². The van der Waals surface area contributed by atoms with Crippen LogP contribution in [0, 0.1) is 5.82 Å². The van der Waals surface area contributed by atoms with Crippen molar-refractivity contribution in [3.8, 4) is 0 Å². The standard InChI is InChI=1S/C15H10FN3O3/c16-9-5-10(7-17-6-9)18-13(20)8-19-14(21)11-3-1-2-4-12(11)15(19)22/h1-7H,8H2,(H,18,20). The van der Waals surface area contributed by atoms with Crippen LogP contribution in [0.2, 0.25) is 0 Å². The minimum atomic E-state index is -0.609. The van der Waals surface area contributed by atoms with Crippen molar-refractivity contribution in [3.63, 3.8) is 0 Å². The summed E-state index contributed by atoms with van der Waals surface area (Å²) in [5, 5.41) is 2.39. The predicted octanol–water partition coefficient (Wildman–Crippen LogP) is 1.46. The van der Waals surface area contributed by atoms with Crippen LogP contribution in [0.15, 0.2) is 42.7 Å². The van der Waals surface area contributed by atoms with E-state index in [1.807, 2.05) is 0 Å². The van der Waals surface area contributed by atoms with Crippen molar-refractivity contribution in [1.82, 2.24) is 9.88 Å². The van der Waals surface area contributed by atoms with Crippen LogP contribution in [0.3, 0.4) is 0 Å². The van der Waals surface area contributed by atoms with Crippen LogP contribution in [0.1, 0.15) is 20.7 Å². The molecule has 110 valence electrons. The topological polar surface area (TPSA) is 79.4 Å². The number of anilines is 1. The van der Waals surface area contributed by atoms with Gasteiger partial charge in [-0.25, -0.2) is 4.39 Å². The molecular weight excluding hydrogens is 289 g/mol. The highest BCUT2D eigenvalue weighted by Crippen LogP contribution is 2.22. The number of fused-ring (bicyclic) bond motifs is 1. The molecule has 1 aromatic carbocycles. The molecule has 0 saturated carbocycles. The fraction of sp³-hybridized carbons (Fsp3) is 0.0667. The summed E-state index contributed by atoms with van der Waals surface area (Å²) in [5.41, 5.74) is 0.696. The van der Waals surface area contributed by atoms with Crippen molar-refractivity contribution < 1.29 is 18.8 Å². The molecule has 0 fully saturated rings. The van der Waals surface area contributed by atoms with E-state index in [2.05, 4.69) is 10.3 Å². The molecule has 1 aliphatic rings. The fourth-order valence-electron chi connectivity index (χ4n) is 2.21. The van der Waals surface area contributed by atoms with Crippen molar-refractivity contribution in [2.75, 3.05) is 11.9 Å². The molecule has 0 bridgehead atoms. The number of rotatable bonds is 3. The zero-order valence-corrected chi connectivity index (χ0v) is 11.2. The van der Waals surface area contributed by atoms with E-state index in [-0.39, 0.29) is 16.8 Å². The number of hydrogen-bond donors (Lipinski definition) is 1. The maximum Gasteiger partial charge on any atom is 0.262 e. The number of aromatic nitrogens is 1. The largest absolute Gasteiger partial charge is 0.323 e. The van der Waals surface area contributed by atoms with E-state index in [1.165, 1.54) is 18.3 Å². The Morgan fingerprint density at radius 3 is 2.36 bits per heavy atom. The molecule has 0 unspecified atom stereocenters. The van der Waals surface area contributed by atoms with Crippen LogP contribution >= 0.6 is 0 Å². The highest BCUT2D eigenvalue weighted by Gasteiger charge is 2.36. The van der Waals surface area contributed by atoms with Crippen molar-refractivity contribution in [3.05, 3.63) is 59.7 Å². The second kappa shape index (κ2) is 5.36. The molecule has 22 heavy (non-hydrogen) atoms. The quantitative estimate of drug-likeness (QED) is 0.870. The smallest absolute Gasteiger partial charge is 0.262 e. The van der Waals surface area contributed by atoms with Gasteiger partial charge in [0, 0.05) is 6.07 Å². The molecule has 2 aromatic rings. The molecule has 6 nitrogen and oxygen atoms in total. The van der Waals surface area contributed by atoms with Gasteiger partial charge in [-0.05, 0) is 12.1 Å². The second-order valence-corrected chi connectivity index (χ2v) is 4.68.